The Balaban J connectivity index is 1.62. The Kier molecular flexibility index (Phi) is 6.33. The minimum atomic E-state index is -1.20. The quantitative estimate of drug-likeness (QED) is 0.644. The van der Waals surface area contributed by atoms with Gasteiger partial charge in [0.25, 0.3) is 0 Å². The molecule has 32 heavy (non-hydrogen) atoms. The number of nitrogens with zero attached hydrogens (tertiary/aromatic N) is 2. The first-order chi connectivity index (χ1) is 15.3. The lowest BCUT2D eigenvalue weighted by Gasteiger charge is -2.29. The van der Waals surface area contributed by atoms with Gasteiger partial charge in [0, 0.05) is 30.0 Å². The molecule has 1 aliphatic heterocycles. The molecule has 1 saturated carbocycles. The molecule has 0 bridgehead atoms. The highest BCUT2D eigenvalue weighted by Gasteiger charge is 2.55. The number of hydrogen-bond donors (Lipinski definition) is 1. The predicted octanol–water partition coefficient (Wildman–Crippen LogP) is 3.67. The van der Waals surface area contributed by atoms with E-state index in [1.807, 2.05) is 19.2 Å². The number of hydrogen-bond acceptors (Lipinski definition) is 6. The molecule has 1 aromatic heterocycles. The maximum atomic E-state index is 13.8. The van der Waals surface area contributed by atoms with E-state index in [1.165, 1.54) is 16.2 Å². The molecule has 0 unspecified atom stereocenters. The van der Waals surface area contributed by atoms with Crippen LogP contribution in [0, 0.1) is 6.92 Å². The van der Waals surface area contributed by atoms with Gasteiger partial charge >= 0.3 is 0 Å². The summed E-state index contributed by atoms with van der Waals surface area (Å²) in [6.07, 6.45) is 3.63. The first kappa shape index (κ1) is 22.5. The van der Waals surface area contributed by atoms with Gasteiger partial charge in [-0.15, -0.1) is 11.3 Å². The van der Waals surface area contributed by atoms with Crippen LogP contribution in [-0.2, 0) is 19.8 Å². The van der Waals surface area contributed by atoms with Crippen LogP contribution in [0.2, 0.25) is 0 Å². The molecular formula is C24H29N3O4S. The van der Waals surface area contributed by atoms with Crippen LogP contribution in [0.5, 0.6) is 5.75 Å². The molecule has 2 atom stereocenters. The zero-order valence-corrected chi connectivity index (χ0v) is 19.5. The molecule has 170 valence electrons. The molecule has 0 radical (unpaired) electrons. The highest BCUT2D eigenvalue weighted by Crippen LogP contribution is 2.43. The van der Waals surface area contributed by atoms with Gasteiger partial charge in [-0.3, -0.25) is 19.3 Å². The van der Waals surface area contributed by atoms with Crippen LogP contribution in [-0.4, -0.2) is 40.8 Å². The molecule has 2 fully saturated rings. The Bertz CT molecular complexity index is 1010. The molecule has 3 amide bonds. The van der Waals surface area contributed by atoms with E-state index < -0.39 is 5.41 Å². The zero-order valence-electron chi connectivity index (χ0n) is 18.7. The third kappa shape index (κ3) is 4.16. The van der Waals surface area contributed by atoms with Crippen molar-refractivity contribution in [3.8, 4) is 5.75 Å². The number of benzene rings is 1. The summed E-state index contributed by atoms with van der Waals surface area (Å²) in [5.41, 5.74) is 0.378. The summed E-state index contributed by atoms with van der Waals surface area (Å²) in [5, 5.41) is 5.73. The number of imide groups is 1. The third-order valence-corrected chi connectivity index (χ3v) is 7.67. The van der Waals surface area contributed by atoms with Crippen molar-refractivity contribution in [1.29, 1.82) is 0 Å². The van der Waals surface area contributed by atoms with E-state index in [0.717, 1.165) is 36.4 Å². The fourth-order valence-corrected chi connectivity index (χ4v) is 5.67. The smallest absolute Gasteiger partial charge is 0.241 e. The van der Waals surface area contributed by atoms with E-state index in [0.29, 0.717) is 11.3 Å². The molecule has 7 nitrogen and oxygen atoms in total. The summed E-state index contributed by atoms with van der Waals surface area (Å²) in [5.74, 6) is -0.0531. The average Bonchev–Trinajstić information content (AvgIpc) is 3.49. The second-order valence-electron chi connectivity index (χ2n) is 8.79. The maximum absolute atomic E-state index is 13.8. The fraction of sp³-hybridized carbons (Fsp3) is 0.500. The largest absolute Gasteiger partial charge is 0.497 e. The lowest BCUT2D eigenvalue weighted by Crippen LogP contribution is -2.45. The Morgan fingerprint density at radius 3 is 2.56 bits per heavy atom. The molecule has 2 aliphatic rings. The maximum Gasteiger partial charge on any atom is 0.241 e. The predicted molar refractivity (Wildman–Crippen MR) is 121 cm³/mol. The van der Waals surface area contributed by atoms with E-state index in [4.69, 9.17) is 4.74 Å². The number of carbonyl (C=O) groups is 3. The van der Waals surface area contributed by atoms with Crippen molar-refractivity contribution >= 4 is 29.1 Å². The number of methoxy groups -OCH3 is 1. The standard InChI is InChI=1S/C24H29N3O4S/c1-15-14-32-22(25-15)16(2)26-20(28)12-24(17-8-10-19(31-3)11-9-17)13-21(29)27(23(24)30)18-6-4-5-7-18/h8-11,14,16,18H,4-7,12-13H2,1-3H3,(H,26,28)/t16-,24-/m0/s1. The van der Waals surface area contributed by atoms with Crippen molar-refractivity contribution in [2.45, 2.75) is 69.9 Å². The highest BCUT2D eigenvalue weighted by molar-refractivity contribution is 7.09. The summed E-state index contributed by atoms with van der Waals surface area (Å²) in [7, 11) is 1.58. The van der Waals surface area contributed by atoms with Crippen molar-refractivity contribution in [2.75, 3.05) is 7.11 Å². The van der Waals surface area contributed by atoms with Gasteiger partial charge in [0.15, 0.2) is 0 Å². The third-order valence-electron chi connectivity index (χ3n) is 6.53. The molecule has 4 rings (SSSR count). The SMILES string of the molecule is COc1ccc([C@]2(CC(=O)N[C@@H](C)c3nc(C)cs3)CC(=O)N(C3CCCC3)C2=O)cc1. The van der Waals surface area contributed by atoms with Gasteiger partial charge in [-0.1, -0.05) is 25.0 Å². The van der Waals surface area contributed by atoms with E-state index in [-0.39, 0.29) is 42.6 Å². The number of carbonyl (C=O) groups excluding carboxylic acids is 3. The van der Waals surface area contributed by atoms with Crippen LogP contribution in [0.4, 0.5) is 0 Å². The van der Waals surface area contributed by atoms with Gasteiger partial charge in [-0.05, 0) is 44.4 Å². The van der Waals surface area contributed by atoms with Gasteiger partial charge in [0.05, 0.1) is 18.6 Å². The molecule has 1 N–H and O–H groups in total. The second kappa shape index (κ2) is 9.02. The number of thiazole rings is 1. The topological polar surface area (TPSA) is 88.6 Å². The monoisotopic (exact) mass is 455 g/mol. The summed E-state index contributed by atoms with van der Waals surface area (Å²) in [6, 6.07) is 6.80. The number of aromatic nitrogens is 1. The molecule has 1 aromatic carbocycles. The number of nitrogens with one attached hydrogen (secondary N) is 1. The normalized spacial score (nSPS) is 22.4. The van der Waals surface area contributed by atoms with Gasteiger partial charge in [-0.25, -0.2) is 4.98 Å². The van der Waals surface area contributed by atoms with Gasteiger partial charge in [0.1, 0.15) is 10.8 Å². The Labute approximate surface area is 192 Å². The second-order valence-corrected chi connectivity index (χ2v) is 9.68. The van der Waals surface area contributed by atoms with Crippen molar-refractivity contribution in [1.82, 2.24) is 15.2 Å². The zero-order chi connectivity index (χ0) is 22.9. The number of aryl methyl sites for hydroxylation is 1. The van der Waals surface area contributed by atoms with Gasteiger partial charge in [0.2, 0.25) is 17.7 Å². The average molecular weight is 456 g/mol. The summed E-state index contributed by atoms with van der Waals surface area (Å²) >= 11 is 1.49. The molecule has 1 aliphatic carbocycles. The van der Waals surface area contributed by atoms with Crippen LogP contribution in [0.1, 0.15) is 67.8 Å². The summed E-state index contributed by atoms with van der Waals surface area (Å²) < 4.78 is 5.25. The molecule has 8 heteroatoms. The van der Waals surface area contributed by atoms with E-state index in [1.54, 1.807) is 31.4 Å². The summed E-state index contributed by atoms with van der Waals surface area (Å²) in [4.78, 5) is 45.8. The Morgan fingerprint density at radius 1 is 1.28 bits per heavy atom. The molecule has 1 saturated heterocycles. The highest BCUT2D eigenvalue weighted by atomic mass is 32.1. The van der Waals surface area contributed by atoms with Crippen LogP contribution >= 0.6 is 11.3 Å². The van der Waals surface area contributed by atoms with E-state index in [2.05, 4.69) is 10.3 Å². The van der Waals surface area contributed by atoms with Crippen LogP contribution in [0.3, 0.4) is 0 Å². The lowest BCUT2D eigenvalue weighted by atomic mass is 9.75. The van der Waals surface area contributed by atoms with Crippen molar-refractivity contribution in [3.63, 3.8) is 0 Å². The first-order valence-electron chi connectivity index (χ1n) is 11.1. The van der Waals surface area contributed by atoms with Crippen molar-refractivity contribution < 1.29 is 19.1 Å². The van der Waals surface area contributed by atoms with Gasteiger partial charge in [-0.2, -0.15) is 0 Å². The molecule has 2 heterocycles. The Hall–Kier alpha value is -2.74. The summed E-state index contributed by atoms with van der Waals surface area (Å²) in [6.45, 7) is 3.79. The molecule has 0 spiro atoms. The number of rotatable bonds is 7. The lowest BCUT2D eigenvalue weighted by molar-refractivity contribution is -0.143. The fourth-order valence-electron chi connectivity index (χ4n) is 4.87. The number of amides is 3. The van der Waals surface area contributed by atoms with E-state index >= 15 is 0 Å². The number of ether oxygens (including phenoxy) is 1. The van der Waals surface area contributed by atoms with Crippen molar-refractivity contribution in [3.05, 3.63) is 45.9 Å². The van der Waals surface area contributed by atoms with Gasteiger partial charge < -0.3 is 10.1 Å². The Morgan fingerprint density at radius 2 is 1.97 bits per heavy atom. The van der Waals surface area contributed by atoms with Crippen molar-refractivity contribution in [2.24, 2.45) is 0 Å². The van der Waals surface area contributed by atoms with Crippen LogP contribution in [0.15, 0.2) is 29.6 Å². The molecule has 2 aromatic rings. The first-order valence-corrected chi connectivity index (χ1v) is 11.9. The minimum Gasteiger partial charge on any atom is -0.497 e. The van der Waals surface area contributed by atoms with E-state index in [9.17, 15) is 14.4 Å². The number of likely N-dealkylation sites (tertiary alicyclic amines) is 1. The van der Waals surface area contributed by atoms with Crippen LogP contribution < -0.4 is 10.1 Å². The molecular weight excluding hydrogens is 426 g/mol. The van der Waals surface area contributed by atoms with Crippen LogP contribution in [0.25, 0.3) is 0 Å². The minimum absolute atomic E-state index is 0.00677.